The molecule has 4 N–H and O–H groups in total. The molecular weight excluding hydrogens is 321 g/mol. The van der Waals surface area contributed by atoms with Crippen molar-refractivity contribution in [3.05, 3.63) is 68.9 Å². The van der Waals surface area contributed by atoms with Gasteiger partial charge in [0.2, 0.25) is 5.56 Å². The maximum Gasteiger partial charge on any atom is 0.255 e. The minimum Gasteiger partial charge on any atom is -0.330 e. The zero-order valence-electron chi connectivity index (χ0n) is 14.4. The number of carbonyl (C=O) groups excluding carboxylic acids is 1. The summed E-state index contributed by atoms with van der Waals surface area (Å²) in [7, 11) is 0. The number of aromatic nitrogens is 1. The summed E-state index contributed by atoms with van der Waals surface area (Å²) in [4.78, 5) is 27.1. The van der Waals surface area contributed by atoms with Gasteiger partial charge in [-0.15, -0.1) is 0 Å². The fraction of sp³-hybridized carbons (Fsp3) is 0.368. The number of hydrogen-bond donors (Lipinski definition) is 3. The molecule has 2 aromatic rings. The third-order valence-electron chi connectivity index (χ3n) is 5.03. The van der Waals surface area contributed by atoms with Crippen LogP contribution < -0.4 is 16.6 Å². The lowest BCUT2D eigenvalue weighted by atomic mass is 9.72. The standard InChI is InChI=1S/C19H22FN3O2/c1-11-9-16(24)22-12(2)17(11)18(25)23-19(21,13-5-3-6-13)14-7-4-8-15(20)10-14/h4,7-10,13H,3,5-6,21H2,1-2H3,(H,22,24)(H,23,25)/t19-/m0/s1. The Hall–Kier alpha value is -2.47. The normalized spacial score (nSPS) is 16.8. The van der Waals surface area contributed by atoms with Gasteiger partial charge in [-0.05, 0) is 55.9 Å². The van der Waals surface area contributed by atoms with E-state index >= 15 is 0 Å². The van der Waals surface area contributed by atoms with E-state index in [9.17, 15) is 14.0 Å². The number of rotatable bonds is 4. The lowest BCUT2D eigenvalue weighted by molar-refractivity contribution is 0.0763. The number of nitrogens with one attached hydrogen (secondary N) is 2. The highest BCUT2D eigenvalue weighted by Crippen LogP contribution is 2.39. The Labute approximate surface area is 145 Å². The quantitative estimate of drug-likeness (QED) is 0.745. The Balaban J connectivity index is 1.99. The van der Waals surface area contributed by atoms with E-state index in [2.05, 4.69) is 10.3 Å². The molecule has 1 saturated carbocycles. The van der Waals surface area contributed by atoms with Crippen molar-refractivity contribution in [1.29, 1.82) is 0 Å². The fourth-order valence-corrected chi connectivity index (χ4v) is 3.47. The van der Waals surface area contributed by atoms with Crippen LogP contribution in [0.2, 0.25) is 0 Å². The van der Waals surface area contributed by atoms with E-state index < -0.39 is 11.5 Å². The number of aryl methyl sites for hydroxylation is 2. The van der Waals surface area contributed by atoms with Gasteiger partial charge in [0.25, 0.3) is 5.91 Å². The van der Waals surface area contributed by atoms with Crippen molar-refractivity contribution in [3.8, 4) is 0 Å². The molecule has 1 aromatic heterocycles. The zero-order chi connectivity index (χ0) is 18.2. The topological polar surface area (TPSA) is 88.0 Å². The lowest BCUT2D eigenvalue weighted by Crippen LogP contribution is -2.59. The predicted octanol–water partition coefficient (Wildman–Crippen LogP) is 2.47. The van der Waals surface area contributed by atoms with Crippen molar-refractivity contribution >= 4 is 5.91 Å². The second kappa shape index (κ2) is 6.44. The lowest BCUT2D eigenvalue weighted by Gasteiger charge is -2.43. The molecular formula is C19H22FN3O2. The van der Waals surface area contributed by atoms with Gasteiger partial charge in [-0.25, -0.2) is 4.39 Å². The van der Waals surface area contributed by atoms with Gasteiger partial charge in [0.05, 0.1) is 5.56 Å². The second-order valence-electron chi connectivity index (χ2n) is 6.78. The van der Waals surface area contributed by atoms with Gasteiger partial charge in [-0.1, -0.05) is 18.6 Å². The SMILES string of the molecule is Cc1cc(=O)[nH]c(C)c1C(=O)N[C@](N)(c1cccc(F)c1)C1CCC1. The van der Waals surface area contributed by atoms with Crippen LogP contribution >= 0.6 is 0 Å². The van der Waals surface area contributed by atoms with Gasteiger partial charge in [0.1, 0.15) is 11.5 Å². The first-order chi connectivity index (χ1) is 11.8. The monoisotopic (exact) mass is 343 g/mol. The summed E-state index contributed by atoms with van der Waals surface area (Å²) < 4.78 is 13.7. The van der Waals surface area contributed by atoms with Gasteiger partial charge in [0, 0.05) is 11.8 Å². The molecule has 1 heterocycles. The Kier molecular flexibility index (Phi) is 4.47. The number of pyridine rings is 1. The second-order valence-corrected chi connectivity index (χ2v) is 6.78. The first-order valence-corrected chi connectivity index (χ1v) is 8.39. The molecule has 6 heteroatoms. The van der Waals surface area contributed by atoms with Crippen molar-refractivity contribution in [2.24, 2.45) is 11.7 Å². The number of carbonyl (C=O) groups is 1. The summed E-state index contributed by atoms with van der Waals surface area (Å²) in [6, 6.07) is 7.42. The minimum absolute atomic E-state index is 0.0432. The van der Waals surface area contributed by atoms with Crippen molar-refractivity contribution in [2.75, 3.05) is 0 Å². The van der Waals surface area contributed by atoms with Crippen LogP contribution in [0.25, 0.3) is 0 Å². The van der Waals surface area contributed by atoms with Crippen molar-refractivity contribution < 1.29 is 9.18 Å². The van der Waals surface area contributed by atoms with Crippen LogP contribution in [0.5, 0.6) is 0 Å². The van der Waals surface area contributed by atoms with Crippen LogP contribution in [0.3, 0.4) is 0 Å². The minimum atomic E-state index is -1.15. The van der Waals surface area contributed by atoms with Crippen LogP contribution in [0.15, 0.2) is 35.1 Å². The van der Waals surface area contributed by atoms with Crippen LogP contribution in [0, 0.1) is 25.6 Å². The number of nitrogens with two attached hydrogens (primary N) is 1. The first kappa shape index (κ1) is 17.4. The van der Waals surface area contributed by atoms with Crippen molar-refractivity contribution in [2.45, 2.75) is 38.8 Å². The predicted molar refractivity (Wildman–Crippen MR) is 93.6 cm³/mol. The van der Waals surface area contributed by atoms with Crippen molar-refractivity contribution in [1.82, 2.24) is 10.3 Å². The van der Waals surface area contributed by atoms with E-state index in [1.165, 1.54) is 18.2 Å². The van der Waals surface area contributed by atoms with Gasteiger partial charge >= 0.3 is 0 Å². The number of benzene rings is 1. The molecule has 0 aliphatic heterocycles. The third-order valence-corrected chi connectivity index (χ3v) is 5.03. The molecule has 25 heavy (non-hydrogen) atoms. The van der Waals surface area contributed by atoms with E-state index in [4.69, 9.17) is 5.73 Å². The number of H-pyrrole nitrogens is 1. The largest absolute Gasteiger partial charge is 0.330 e. The Morgan fingerprint density at radius 1 is 1.32 bits per heavy atom. The van der Waals surface area contributed by atoms with Gasteiger partial charge in [-0.3, -0.25) is 9.59 Å². The van der Waals surface area contributed by atoms with Crippen LogP contribution in [-0.4, -0.2) is 10.9 Å². The van der Waals surface area contributed by atoms with Gasteiger partial charge in [0.15, 0.2) is 0 Å². The zero-order valence-corrected chi connectivity index (χ0v) is 14.4. The molecule has 1 amide bonds. The molecule has 0 unspecified atom stereocenters. The average molecular weight is 343 g/mol. The molecule has 1 fully saturated rings. The molecule has 132 valence electrons. The Bertz CT molecular complexity index is 847. The summed E-state index contributed by atoms with van der Waals surface area (Å²) in [5, 5.41) is 2.91. The smallest absolute Gasteiger partial charge is 0.255 e. The molecule has 3 rings (SSSR count). The molecule has 1 atom stereocenters. The first-order valence-electron chi connectivity index (χ1n) is 8.39. The van der Waals surface area contributed by atoms with Crippen molar-refractivity contribution in [3.63, 3.8) is 0 Å². The van der Waals surface area contributed by atoms with E-state index in [0.717, 1.165) is 19.3 Å². The molecule has 1 aromatic carbocycles. The highest BCUT2D eigenvalue weighted by molar-refractivity contribution is 5.97. The average Bonchev–Trinajstić information content (AvgIpc) is 2.43. The number of amides is 1. The summed E-state index contributed by atoms with van der Waals surface area (Å²) in [6.07, 6.45) is 2.78. The van der Waals surface area contributed by atoms with E-state index in [-0.39, 0.29) is 17.4 Å². The van der Waals surface area contributed by atoms with Crippen LogP contribution in [0.4, 0.5) is 4.39 Å². The van der Waals surface area contributed by atoms with E-state index in [0.29, 0.717) is 22.4 Å². The molecule has 0 spiro atoms. The highest BCUT2D eigenvalue weighted by Gasteiger charge is 2.42. The molecule has 0 saturated heterocycles. The van der Waals surface area contributed by atoms with Crippen LogP contribution in [-0.2, 0) is 5.66 Å². The maximum absolute atomic E-state index is 13.7. The highest BCUT2D eigenvalue weighted by atomic mass is 19.1. The Morgan fingerprint density at radius 3 is 2.60 bits per heavy atom. The van der Waals surface area contributed by atoms with Crippen LogP contribution in [0.1, 0.15) is 46.4 Å². The number of hydrogen-bond acceptors (Lipinski definition) is 3. The van der Waals surface area contributed by atoms with E-state index in [1.54, 1.807) is 26.0 Å². The fourth-order valence-electron chi connectivity index (χ4n) is 3.47. The molecule has 1 aliphatic rings. The molecule has 1 aliphatic carbocycles. The number of aromatic amines is 1. The Morgan fingerprint density at radius 2 is 2.04 bits per heavy atom. The summed E-state index contributed by atoms with van der Waals surface area (Å²) in [5.74, 6) is -0.719. The summed E-state index contributed by atoms with van der Waals surface area (Å²) in [6.45, 7) is 3.38. The third kappa shape index (κ3) is 3.22. The summed E-state index contributed by atoms with van der Waals surface area (Å²) in [5.41, 5.74) is 7.19. The molecule has 0 bridgehead atoms. The van der Waals surface area contributed by atoms with Gasteiger partial charge in [-0.2, -0.15) is 0 Å². The van der Waals surface area contributed by atoms with Gasteiger partial charge < -0.3 is 16.0 Å². The summed E-state index contributed by atoms with van der Waals surface area (Å²) >= 11 is 0. The maximum atomic E-state index is 13.7. The molecule has 0 radical (unpaired) electrons. The van der Waals surface area contributed by atoms with E-state index in [1.807, 2.05) is 0 Å². The number of halogens is 1. The molecule has 5 nitrogen and oxygen atoms in total.